The largest absolute Gasteiger partial charge is 0.392 e. The number of aryl methyl sites for hydroxylation is 1. The summed E-state index contributed by atoms with van der Waals surface area (Å²) in [5.74, 6) is 0. The third kappa shape index (κ3) is 3.39. The average Bonchev–Trinajstić information content (AvgIpc) is 2.84. The molecule has 1 aromatic heterocycles. The normalized spacial score (nSPS) is 19.4. The van der Waals surface area contributed by atoms with Crippen molar-refractivity contribution in [2.45, 2.75) is 56.2 Å². The van der Waals surface area contributed by atoms with Gasteiger partial charge in [-0.1, -0.05) is 19.3 Å². The number of imidazole rings is 1. The Hall–Kier alpha value is -0.920. The van der Waals surface area contributed by atoms with E-state index in [1.165, 1.54) is 16.8 Å². The lowest BCUT2D eigenvalue weighted by Gasteiger charge is -2.33. The van der Waals surface area contributed by atoms with Crippen LogP contribution in [0.3, 0.4) is 0 Å². The molecule has 1 aromatic rings. The van der Waals surface area contributed by atoms with Gasteiger partial charge in [0.25, 0.3) is 10.0 Å². The second-order valence-corrected chi connectivity index (χ2v) is 7.43. The van der Waals surface area contributed by atoms with Crippen LogP contribution in [0.5, 0.6) is 0 Å². The quantitative estimate of drug-likeness (QED) is 0.884. The van der Waals surface area contributed by atoms with Crippen LogP contribution in [0.4, 0.5) is 0 Å². The fourth-order valence-corrected chi connectivity index (χ4v) is 4.45. The van der Waals surface area contributed by atoms with Crippen LogP contribution in [0.1, 0.15) is 39.0 Å². The van der Waals surface area contributed by atoms with E-state index in [0.717, 1.165) is 32.1 Å². The second-order valence-electron chi connectivity index (χ2n) is 5.59. The number of hydrogen-bond acceptors (Lipinski definition) is 4. The maximum absolute atomic E-state index is 12.7. The average molecular weight is 301 g/mol. The third-order valence-electron chi connectivity index (χ3n) is 3.68. The molecule has 1 aliphatic rings. The van der Waals surface area contributed by atoms with Gasteiger partial charge in [-0.3, -0.25) is 0 Å². The zero-order chi connectivity index (χ0) is 14.8. The molecule has 0 radical (unpaired) electrons. The number of hydrogen-bond donors (Lipinski definition) is 1. The van der Waals surface area contributed by atoms with Gasteiger partial charge in [0.15, 0.2) is 5.03 Å². The Morgan fingerprint density at radius 1 is 1.45 bits per heavy atom. The fraction of sp³-hybridized carbons (Fsp3) is 0.769. The van der Waals surface area contributed by atoms with Crippen molar-refractivity contribution in [1.82, 2.24) is 13.9 Å². The molecule has 1 aliphatic carbocycles. The Morgan fingerprint density at radius 3 is 2.60 bits per heavy atom. The first-order valence-corrected chi connectivity index (χ1v) is 8.53. The van der Waals surface area contributed by atoms with Crippen LogP contribution in [-0.2, 0) is 17.1 Å². The smallest absolute Gasteiger partial charge is 0.262 e. The summed E-state index contributed by atoms with van der Waals surface area (Å²) in [6.07, 6.45) is 7.26. The molecule has 114 valence electrons. The van der Waals surface area contributed by atoms with Gasteiger partial charge in [0.2, 0.25) is 0 Å². The van der Waals surface area contributed by atoms with Crippen molar-refractivity contribution in [3.05, 3.63) is 12.5 Å². The second kappa shape index (κ2) is 6.24. The Bertz CT molecular complexity index is 533. The molecule has 1 atom stereocenters. The molecule has 0 saturated heterocycles. The summed E-state index contributed by atoms with van der Waals surface area (Å²) >= 11 is 0. The van der Waals surface area contributed by atoms with Crippen LogP contribution in [-0.4, -0.2) is 46.1 Å². The van der Waals surface area contributed by atoms with Crippen LogP contribution in [0.2, 0.25) is 0 Å². The predicted octanol–water partition coefficient (Wildman–Crippen LogP) is 1.12. The minimum absolute atomic E-state index is 0.0228. The van der Waals surface area contributed by atoms with Crippen LogP contribution in [0.25, 0.3) is 0 Å². The van der Waals surface area contributed by atoms with Crippen LogP contribution in [0.15, 0.2) is 17.6 Å². The summed E-state index contributed by atoms with van der Waals surface area (Å²) < 4.78 is 28.5. The van der Waals surface area contributed by atoms with Crippen molar-refractivity contribution < 1.29 is 13.5 Å². The molecule has 0 unspecified atom stereocenters. The molecular weight excluding hydrogens is 278 g/mol. The predicted molar refractivity (Wildman–Crippen MR) is 75.7 cm³/mol. The van der Waals surface area contributed by atoms with Crippen molar-refractivity contribution in [3.8, 4) is 0 Å². The summed E-state index contributed by atoms with van der Waals surface area (Å²) in [7, 11) is -1.89. The molecular formula is C13H23N3O3S. The van der Waals surface area contributed by atoms with E-state index in [-0.39, 0.29) is 17.6 Å². The van der Waals surface area contributed by atoms with Crippen molar-refractivity contribution in [2.75, 3.05) is 6.54 Å². The van der Waals surface area contributed by atoms with Crippen LogP contribution >= 0.6 is 0 Å². The summed E-state index contributed by atoms with van der Waals surface area (Å²) in [5.41, 5.74) is 0. The number of aliphatic hydroxyl groups is 1. The zero-order valence-electron chi connectivity index (χ0n) is 12.1. The van der Waals surface area contributed by atoms with E-state index in [4.69, 9.17) is 0 Å². The van der Waals surface area contributed by atoms with E-state index in [2.05, 4.69) is 4.98 Å². The van der Waals surface area contributed by atoms with E-state index in [1.54, 1.807) is 18.5 Å². The molecule has 2 rings (SSSR count). The topological polar surface area (TPSA) is 75.4 Å². The molecule has 6 nitrogen and oxygen atoms in total. The van der Waals surface area contributed by atoms with E-state index >= 15 is 0 Å². The highest BCUT2D eigenvalue weighted by Crippen LogP contribution is 2.27. The third-order valence-corrected chi connectivity index (χ3v) is 5.48. The standard InChI is InChI=1S/C13H23N3O3S/c1-11(17)8-16(12-6-4-3-5-7-12)20(18,19)13-9-15(2)10-14-13/h9-12,17H,3-8H2,1-2H3/t11-/m1/s1. The molecule has 20 heavy (non-hydrogen) atoms. The molecule has 1 saturated carbocycles. The van der Waals surface area contributed by atoms with E-state index in [0.29, 0.717) is 0 Å². The first-order chi connectivity index (χ1) is 9.41. The molecule has 0 spiro atoms. The van der Waals surface area contributed by atoms with E-state index in [9.17, 15) is 13.5 Å². The van der Waals surface area contributed by atoms with Gasteiger partial charge in [-0.05, 0) is 19.8 Å². The van der Waals surface area contributed by atoms with Gasteiger partial charge in [0.1, 0.15) is 0 Å². The van der Waals surface area contributed by atoms with Crippen molar-refractivity contribution in [1.29, 1.82) is 0 Å². The Labute approximate surface area is 120 Å². The Kier molecular flexibility index (Phi) is 4.82. The fourth-order valence-electron chi connectivity index (χ4n) is 2.72. The summed E-state index contributed by atoms with van der Waals surface area (Å²) in [6.45, 7) is 1.74. The molecule has 0 amide bonds. The van der Waals surface area contributed by atoms with Gasteiger partial charge >= 0.3 is 0 Å². The van der Waals surface area contributed by atoms with Crippen molar-refractivity contribution in [3.63, 3.8) is 0 Å². The Morgan fingerprint density at radius 2 is 2.10 bits per heavy atom. The van der Waals surface area contributed by atoms with Crippen molar-refractivity contribution >= 4 is 10.0 Å². The number of nitrogens with zero attached hydrogens (tertiary/aromatic N) is 3. The highest BCUT2D eigenvalue weighted by Gasteiger charge is 2.34. The Balaban J connectivity index is 2.29. The number of rotatable bonds is 5. The number of aromatic nitrogens is 2. The van der Waals surface area contributed by atoms with Gasteiger partial charge in [0, 0.05) is 25.8 Å². The molecule has 0 aliphatic heterocycles. The molecule has 1 N–H and O–H groups in total. The van der Waals surface area contributed by atoms with E-state index in [1.807, 2.05) is 0 Å². The van der Waals surface area contributed by atoms with Gasteiger partial charge in [0.05, 0.1) is 12.4 Å². The van der Waals surface area contributed by atoms with E-state index < -0.39 is 16.1 Å². The number of sulfonamides is 1. The first kappa shape index (κ1) is 15.5. The summed E-state index contributed by atoms with van der Waals surface area (Å²) in [5, 5.41) is 9.70. The maximum atomic E-state index is 12.7. The number of aliphatic hydroxyl groups excluding tert-OH is 1. The molecule has 7 heteroatoms. The van der Waals surface area contributed by atoms with Crippen LogP contribution in [0, 0.1) is 0 Å². The van der Waals surface area contributed by atoms with Crippen molar-refractivity contribution in [2.24, 2.45) is 7.05 Å². The van der Waals surface area contributed by atoms with Gasteiger partial charge < -0.3 is 9.67 Å². The SMILES string of the molecule is C[C@@H](O)CN(C1CCCCC1)S(=O)(=O)c1cn(C)cn1. The minimum atomic E-state index is -3.63. The van der Waals surface area contributed by atoms with Gasteiger partial charge in [-0.25, -0.2) is 13.4 Å². The maximum Gasteiger partial charge on any atom is 0.262 e. The van der Waals surface area contributed by atoms with Crippen LogP contribution < -0.4 is 0 Å². The van der Waals surface area contributed by atoms with Gasteiger partial charge in [-0.2, -0.15) is 4.31 Å². The lowest BCUT2D eigenvalue weighted by Crippen LogP contribution is -2.45. The minimum Gasteiger partial charge on any atom is -0.392 e. The molecule has 0 aromatic carbocycles. The lowest BCUT2D eigenvalue weighted by atomic mass is 9.95. The lowest BCUT2D eigenvalue weighted by molar-refractivity contribution is 0.136. The molecule has 1 heterocycles. The first-order valence-electron chi connectivity index (χ1n) is 7.09. The highest BCUT2D eigenvalue weighted by atomic mass is 32.2. The molecule has 0 bridgehead atoms. The molecule has 1 fully saturated rings. The summed E-state index contributed by atoms with van der Waals surface area (Å²) in [6, 6.07) is -0.0228. The van der Waals surface area contributed by atoms with Gasteiger partial charge in [-0.15, -0.1) is 0 Å². The highest BCUT2D eigenvalue weighted by molar-refractivity contribution is 7.89. The zero-order valence-corrected chi connectivity index (χ0v) is 12.9. The monoisotopic (exact) mass is 301 g/mol. The summed E-state index contributed by atoms with van der Waals surface area (Å²) in [4.78, 5) is 3.96.